The average molecular weight is 368 g/mol. The number of amides is 1. The molecule has 144 valence electrons. The van der Waals surface area contributed by atoms with E-state index in [4.69, 9.17) is 0 Å². The SMILES string of the molecule is CCc1cc(=O)[nH]c(CN2CCN(C(=O)C[C@@H](C)c3ccccc3)CC2)n1. The molecular formula is C21H28N4O2. The van der Waals surface area contributed by atoms with Crippen molar-refractivity contribution in [3.63, 3.8) is 0 Å². The second kappa shape index (κ2) is 8.95. The number of hydrogen-bond acceptors (Lipinski definition) is 4. The fourth-order valence-electron chi connectivity index (χ4n) is 3.48. The summed E-state index contributed by atoms with van der Waals surface area (Å²) in [4.78, 5) is 35.8. The third-order valence-corrected chi connectivity index (χ3v) is 5.15. The third kappa shape index (κ3) is 5.26. The van der Waals surface area contributed by atoms with Crippen molar-refractivity contribution in [1.29, 1.82) is 0 Å². The highest BCUT2D eigenvalue weighted by atomic mass is 16.2. The van der Waals surface area contributed by atoms with Gasteiger partial charge >= 0.3 is 0 Å². The standard InChI is InChI=1S/C21H28N4O2/c1-3-18-14-20(26)23-19(22-18)15-24-9-11-25(12-10-24)21(27)13-16(2)17-7-5-4-6-8-17/h4-8,14,16H,3,9-13,15H2,1-2H3,(H,22,23,26)/t16-/m1/s1. The second-order valence-electron chi connectivity index (χ2n) is 7.21. The summed E-state index contributed by atoms with van der Waals surface area (Å²) in [6, 6.07) is 11.7. The monoisotopic (exact) mass is 368 g/mol. The van der Waals surface area contributed by atoms with Gasteiger partial charge in [0.1, 0.15) is 5.82 Å². The fourth-order valence-corrected chi connectivity index (χ4v) is 3.48. The quantitative estimate of drug-likeness (QED) is 0.848. The van der Waals surface area contributed by atoms with Crippen LogP contribution in [0.5, 0.6) is 0 Å². The van der Waals surface area contributed by atoms with Gasteiger partial charge in [0, 0.05) is 44.4 Å². The number of H-pyrrole nitrogens is 1. The summed E-state index contributed by atoms with van der Waals surface area (Å²) >= 11 is 0. The molecule has 0 spiro atoms. The van der Waals surface area contributed by atoms with E-state index >= 15 is 0 Å². The van der Waals surface area contributed by atoms with Crippen LogP contribution in [0, 0.1) is 0 Å². The molecule has 0 aliphatic carbocycles. The van der Waals surface area contributed by atoms with Gasteiger partial charge in [-0.25, -0.2) is 4.98 Å². The zero-order chi connectivity index (χ0) is 19.2. The topological polar surface area (TPSA) is 69.3 Å². The Hall–Kier alpha value is -2.47. The Morgan fingerprint density at radius 1 is 1.19 bits per heavy atom. The van der Waals surface area contributed by atoms with E-state index < -0.39 is 0 Å². The molecule has 1 saturated heterocycles. The van der Waals surface area contributed by atoms with Crippen molar-refractivity contribution < 1.29 is 4.79 Å². The number of nitrogens with one attached hydrogen (secondary N) is 1. The van der Waals surface area contributed by atoms with Crippen LogP contribution in [0.15, 0.2) is 41.2 Å². The minimum absolute atomic E-state index is 0.0967. The summed E-state index contributed by atoms with van der Waals surface area (Å²) in [7, 11) is 0. The van der Waals surface area contributed by atoms with Gasteiger partial charge < -0.3 is 9.88 Å². The average Bonchev–Trinajstić information content (AvgIpc) is 2.68. The summed E-state index contributed by atoms with van der Waals surface area (Å²) in [5.41, 5.74) is 1.92. The number of rotatable bonds is 6. The highest BCUT2D eigenvalue weighted by Crippen LogP contribution is 2.20. The summed E-state index contributed by atoms with van der Waals surface area (Å²) < 4.78 is 0. The van der Waals surface area contributed by atoms with Gasteiger partial charge in [-0.15, -0.1) is 0 Å². The van der Waals surface area contributed by atoms with Crippen molar-refractivity contribution in [2.24, 2.45) is 0 Å². The number of aromatic amines is 1. The van der Waals surface area contributed by atoms with Gasteiger partial charge in [-0.2, -0.15) is 0 Å². The van der Waals surface area contributed by atoms with Crippen LogP contribution in [0.2, 0.25) is 0 Å². The lowest BCUT2D eigenvalue weighted by Gasteiger charge is -2.35. The first-order valence-corrected chi connectivity index (χ1v) is 9.69. The number of hydrogen-bond donors (Lipinski definition) is 1. The molecule has 3 rings (SSSR count). The molecule has 0 saturated carbocycles. The molecule has 2 heterocycles. The zero-order valence-corrected chi connectivity index (χ0v) is 16.1. The molecule has 2 aromatic rings. The molecule has 1 atom stereocenters. The Bertz CT molecular complexity index is 810. The van der Waals surface area contributed by atoms with E-state index in [1.807, 2.05) is 30.0 Å². The number of aryl methyl sites for hydroxylation is 1. The molecule has 27 heavy (non-hydrogen) atoms. The molecule has 1 aliphatic heterocycles. The molecule has 6 heteroatoms. The first-order valence-electron chi connectivity index (χ1n) is 9.69. The van der Waals surface area contributed by atoms with Crippen LogP contribution in [0.4, 0.5) is 0 Å². The molecule has 0 bridgehead atoms. The molecule has 1 fully saturated rings. The largest absolute Gasteiger partial charge is 0.340 e. The number of carbonyl (C=O) groups excluding carboxylic acids is 1. The smallest absolute Gasteiger partial charge is 0.251 e. The lowest BCUT2D eigenvalue weighted by atomic mass is 9.97. The number of aromatic nitrogens is 2. The van der Waals surface area contributed by atoms with E-state index in [0.717, 1.165) is 38.3 Å². The minimum atomic E-state index is -0.0967. The van der Waals surface area contributed by atoms with Gasteiger partial charge in [0.15, 0.2) is 0 Å². The normalized spacial score (nSPS) is 16.3. The zero-order valence-electron chi connectivity index (χ0n) is 16.1. The van der Waals surface area contributed by atoms with Crippen molar-refractivity contribution in [3.05, 3.63) is 63.8 Å². The molecule has 0 radical (unpaired) electrons. The third-order valence-electron chi connectivity index (χ3n) is 5.15. The van der Waals surface area contributed by atoms with Crippen LogP contribution < -0.4 is 5.56 Å². The van der Waals surface area contributed by atoms with Crippen LogP contribution in [0.3, 0.4) is 0 Å². The predicted molar refractivity (Wildman–Crippen MR) is 106 cm³/mol. The predicted octanol–water partition coefficient (Wildman–Crippen LogP) is 2.17. The summed E-state index contributed by atoms with van der Waals surface area (Å²) in [5.74, 6) is 1.14. The molecule has 1 N–H and O–H groups in total. The van der Waals surface area contributed by atoms with Crippen LogP contribution in [-0.4, -0.2) is 51.9 Å². The van der Waals surface area contributed by atoms with Gasteiger partial charge in [0.2, 0.25) is 5.91 Å². The molecule has 1 amide bonds. The van der Waals surface area contributed by atoms with Gasteiger partial charge in [-0.1, -0.05) is 44.2 Å². The van der Waals surface area contributed by atoms with Crippen molar-refractivity contribution in [2.45, 2.75) is 39.2 Å². The van der Waals surface area contributed by atoms with E-state index in [1.165, 1.54) is 5.56 Å². The van der Waals surface area contributed by atoms with Gasteiger partial charge in [-0.3, -0.25) is 14.5 Å². The maximum absolute atomic E-state index is 12.6. The van der Waals surface area contributed by atoms with Gasteiger partial charge in [0.05, 0.1) is 6.54 Å². The van der Waals surface area contributed by atoms with Gasteiger partial charge in [-0.05, 0) is 17.9 Å². The Balaban J connectivity index is 1.50. The van der Waals surface area contributed by atoms with Gasteiger partial charge in [0.25, 0.3) is 5.56 Å². The van der Waals surface area contributed by atoms with E-state index in [2.05, 4.69) is 33.9 Å². The second-order valence-corrected chi connectivity index (χ2v) is 7.21. The number of piperazine rings is 1. The maximum atomic E-state index is 12.6. The Morgan fingerprint density at radius 3 is 2.56 bits per heavy atom. The first-order chi connectivity index (χ1) is 13.0. The van der Waals surface area contributed by atoms with Crippen molar-refractivity contribution >= 4 is 5.91 Å². The highest BCUT2D eigenvalue weighted by molar-refractivity contribution is 5.77. The van der Waals surface area contributed by atoms with Crippen LogP contribution >= 0.6 is 0 Å². The van der Waals surface area contributed by atoms with Crippen molar-refractivity contribution in [2.75, 3.05) is 26.2 Å². The lowest BCUT2D eigenvalue weighted by molar-refractivity contribution is -0.133. The highest BCUT2D eigenvalue weighted by Gasteiger charge is 2.23. The molecule has 6 nitrogen and oxygen atoms in total. The first kappa shape index (κ1) is 19.3. The Kier molecular flexibility index (Phi) is 6.40. The Morgan fingerprint density at radius 2 is 1.89 bits per heavy atom. The van der Waals surface area contributed by atoms with E-state index in [0.29, 0.717) is 18.8 Å². The van der Waals surface area contributed by atoms with Crippen LogP contribution in [-0.2, 0) is 17.8 Å². The minimum Gasteiger partial charge on any atom is -0.340 e. The molecule has 1 aromatic carbocycles. The van der Waals surface area contributed by atoms with E-state index in [1.54, 1.807) is 6.07 Å². The molecule has 1 aromatic heterocycles. The molecule has 1 aliphatic rings. The van der Waals surface area contributed by atoms with Crippen molar-refractivity contribution in [3.8, 4) is 0 Å². The van der Waals surface area contributed by atoms with Crippen molar-refractivity contribution in [1.82, 2.24) is 19.8 Å². The maximum Gasteiger partial charge on any atom is 0.251 e. The van der Waals surface area contributed by atoms with E-state index in [9.17, 15) is 9.59 Å². The summed E-state index contributed by atoms with van der Waals surface area (Å²) in [5, 5.41) is 0. The number of nitrogens with zero attached hydrogens (tertiary/aromatic N) is 3. The number of carbonyl (C=O) groups is 1. The summed E-state index contributed by atoms with van der Waals surface area (Å²) in [6.07, 6.45) is 1.29. The molecule has 0 unspecified atom stereocenters. The van der Waals surface area contributed by atoms with E-state index in [-0.39, 0.29) is 17.4 Å². The van der Waals surface area contributed by atoms with Crippen LogP contribution in [0.1, 0.15) is 43.3 Å². The van der Waals surface area contributed by atoms with Crippen LogP contribution in [0.25, 0.3) is 0 Å². The number of benzene rings is 1. The fraction of sp³-hybridized carbons (Fsp3) is 0.476. The summed E-state index contributed by atoms with van der Waals surface area (Å²) in [6.45, 7) is 7.75. The lowest BCUT2D eigenvalue weighted by Crippen LogP contribution is -2.48. The molecular weight excluding hydrogens is 340 g/mol. The Labute approximate surface area is 160 Å².